The average molecular weight is 665 g/mol. The van der Waals surface area contributed by atoms with Crippen molar-refractivity contribution < 1.29 is 29.0 Å². The Morgan fingerprint density at radius 3 is 2.30 bits per heavy atom. The van der Waals surface area contributed by atoms with Gasteiger partial charge in [0.05, 0.1) is 18.2 Å². The first-order valence-electron chi connectivity index (χ1n) is 15.3. The molecule has 47 heavy (non-hydrogen) atoms. The van der Waals surface area contributed by atoms with Crippen molar-refractivity contribution in [3.63, 3.8) is 0 Å². The van der Waals surface area contributed by atoms with Crippen molar-refractivity contribution in [1.82, 2.24) is 0 Å². The number of rotatable bonds is 9. The lowest BCUT2D eigenvalue weighted by Crippen LogP contribution is -2.20. The van der Waals surface area contributed by atoms with Gasteiger partial charge in [0.15, 0.2) is 0 Å². The zero-order valence-corrected chi connectivity index (χ0v) is 27.2. The number of nitrogens with one attached hydrogen (secondary N) is 2. The number of thioether (sulfide) groups is 1. The first-order chi connectivity index (χ1) is 22.8. The van der Waals surface area contributed by atoms with Crippen LogP contribution in [-0.2, 0) is 22.4 Å². The summed E-state index contributed by atoms with van der Waals surface area (Å²) in [6, 6.07) is 26.5. The average Bonchev–Trinajstić information content (AvgIpc) is 3.25. The van der Waals surface area contributed by atoms with Crippen molar-refractivity contribution >= 4 is 68.3 Å². The van der Waals surface area contributed by atoms with Gasteiger partial charge in [-0.2, -0.15) is 0 Å². The number of aryl methyl sites for hydroxylation is 1. The van der Waals surface area contributed by atoms with E-state index in [1.807, 2.05) is 36.4 Å². The van der Waals surface area contributed by atoms with E-state index in [-0.39, 0.29) is 17.0 Å². The van der Waals surface area contributed by atoms with Crippen molar-refractivity contribution in [2.75, 3.05) is 17.7 Å². The molecule has 0 saturated heterocycles. The molecule has 1 aliphatic carbocycles. The Labute approximate surface area is 280 Å². The van der Waals surface area contributed by atoms with Gasteiger partial charge in [-0.25, -0.2) is 9.59 Å². The maximum Gasteiger partial charge on any atom is 0.341 e. The highest BCUT2D eigenvalue weighted by Gasteiger charge is 2.29. The molecule has 1 unspecified atom stereocenters. The van der Waals surface area contributed by atoms with E-state index in [9.17, 15) is 24.3 Å². The van der Waals surface area contributed by atoms with Crippen LogP contribution in [0, 0.1) is 0 Å². The highest BCUT2D eigenvalue weighted by atomic mass is 32.2. The summed E-state index contributed by atoms with van der Waals surface area (Å²) >= 11 is 2.77. The summed E-state index contributed by atoms with van der Waals surface area (Å²) in [7, 11) is 1.36. The van der Waals surface area contributed by atoms with Crippen LogP contribution in [0.4, 0.5) is 10.7 Å². The molecule has 0 aliphatic heterocycles. The van der Waals surface area contributed by atoms with Crippen LogP contribution in [0.3, 0.4) is 0 Å². The third kappa shape index (κ3) is 6.94. The zero-order valence-electron chi connectivity index (χ0n) is 25.6. The van der Waals surface area contributed by atoms with Crippen LogP contribution in [0.5, 0.6) is 0 Å². The van der Waals surface area contributed by atoms with Crippen molar-refractivity contribution in [2.24, 2.45) is 0 Å². The highest BCUT2D eigenvalue weighted by Crippen LogP contribution is 2.41. The predicted octanol–water partition coefficient (Wildman–Crippen LogP) is 8.38. The second kappa shape index (κ2) is 14.2. The Morgan fingerprint density at radius 2 is 1.55 bits per heavy atom. The maximum atomic E-state index is 14.0. The lowest BCUT2D eigenvalue weighted by Gasteiger charge is -2.18. The van der Waals surface area contributed by atoms with Gasteiger partial charge in [-0.05, 0) is 72.5 Å². The Morgan fingerprint density at radius 1 is 0.830 bits per heavy atom. The van der Waals surface area contributed by atoms with Gasteiger partial charge < -0.3 is 20.5 Å². The Balaban J connectivity index is 1.27. The first kappa shape index (κ1) is 32.0. The molecule has 0 fully saturated rings. The second-order valence-corrected chi connectivity index (χ2v) is 13.4. The van der Waals surface area contributed by atoms with Crippen LogP contribution in [0.25, 0.3) is 10.8 Å². The number of carboxylic acid groups (broad SMARTS) is 1. The van der Waals surface area contributed by atoms with E-state index >= 15 is 0 Å². The number of amides is 2. The third-order valence-corrected chi connectivity index (χ3v) is 10.6. The van der Waals surface area contributed by atoms with Crippen LogP contribution in [-0.4, -0.2) is 36.0 Å². The minimum Gasteiger partial charge on any atom is -0.478 e. The number of aromatic carboxylic acids is 1. The summed E-state index contributed by atoms with van der Waals surface area (Å²) in [6.45, 7) is 0. The van der Waals surface area contributed by atoms with Gasteiger partial charge in [0.2, 0.25) is 5.91 Å². The van der Waals surface area contributed by atoms with Crippen molar-refractivity contribution in [2.45, 2.75) is 42.2 Å². The molecule has 238 valence electrons. The molecule has 8 nitrogen and oxygen atoms in total. The number of carboxylic acids is 1. The number of fused-ring (bicyclic) bond motifs is 2. The molecule has 5 aromatic rings. The van der Waals surface area contributed by atoms with Crippen molar-refractivity contribution in [1.29, 1.82) is 0 Å². The van der Waals surface area contributed by atoms with E-state index in [0.29, 0.717) is 27.0 Å². The molecule has 10 heteroatoms. The van der Waals surface area contributed by atoms with Gasteiger partial charge in [-0.1, -0.05) is 67.1 Å². The van der Waals surface area contributed by atoms with E-state index in [0.717, 1.165) is 53.0 Å². The number of thiophene rings is 1. The number of carbonyl (C=O) groups excluding carboxylic acids is 3. The molecule has 1 heterocycles. The summed E-state index contributed by atoms with van der Waals surface area (Å²) in [5, 5.41) is 16.6. The standard InChI is InChI=1S/C37H32N2O6S2/c1-45-37(44)31-26-17-6-3-7-20-29(26)47-35(31)39-34(41)32(23-11-4-2-5-12-23)46-25-16-10-15-24(21-25)38-33(40)27-18-8-13-22-14-9-19-28(30(22)27)36(42)43/h2,4-5,8-16,18-19,21,32H,3,6-7,17,20H2,1H3,(H,38,40)(H,39,41)(H,42,43). The van der Waals surface area contributed by atoms with Gasteiger partial charge in [0, 0.05) is 26.4 Å². The SMILES string of the molecule is COC(=O)c1c(NC(=O)C(Sc2cccc(NC(=O)c3cccc4cccc(C(=O)O)c34)c2)c2ccccc2)sc2c1CCCCC2. The molecule has 0 spiro atoms. The lowest BCUT2D eigenvalue weighted by molar-refractivity contribution is -0.115. The fourth-order valence-electron chi connectivity index (χ4n) is 5.92. The number of anilines is 2. The number of ether oxygens (including phenoxy) is 1. The molecular formula is C37H32N2O6S2. The van der Waals surface area contributed by atoms with Crippen LogP contribution in [0.15, 0.2) is 95.9 Å². The van der Waals surface area contributed by atoms with Gasteiger partial charge in [-0.15, -0.1) is 23.1 Å². The van der Waals surface area contributed by atoms with Crippen LogP contribution < -0.4 is 10.6 Å². The van der Waals surface area contributed by atoms with Crippen LogP contribution in [0.1, 0.15) is 71.6 Å². The molecule has 1 atom stereocenters. The number of carbonyl (C=O) groups is 4. The molecule has 2 amide bonds. The smallest absolute Gasteiger partial charge is 0.341 e. The first-order valence-corrected chi connectivity index (χ1v) is 17.0. The maximum absolute atomic E-state index is 14.0. The summed E-state index contributed by atoms with van der Waals surface area (Å²) in [5.74, 6) is -2.30. The second-order valence-electron chi connectivity index (χ2n) is 11.2. The number of hydrogen-bond acceptors (Lipinski definition) is 7. The minimum absolute atomic E-state index is 0.0479. The van der Waals surface area contributed by atoms with Crippen LogP contribution >= 0.6 is 23.1 Å². The Hall–Kier alpha value is -4.93. The predicted molar refractivity (Wildman–Crippen MR) is 186 cm³/mol. The molecule has 4 aromatic carbocycles. The number of esters is 1. The van der Waals surface area contributed by atoms with Gasteiger partial charge in [0.25, 0.3) is 5.91 Å². The largest absolute Gasteiger partial charge is 0.478 e. The van der Waals surface area contributed by atoms with E-state index in [1.165, 1.54) is 36.3 Å². The van der Waals surface area contributed by atoms with E-state index in [4.69, 9.17) is 4.74 Å². The van der Waals surface area contributed by atoms with Gasteiger partial charge >= 0.3 is 11.9 Å². The fraction of sp³-hybridized carbons (Fsp3) is 0.189. The number of hydrogen-bond donors (Lipinski definition) is 3. The quantitative estimate of drug-likeness (QED) is 0.0822. The molecule has 0 saturated carbocycles. The molecular weight excluding hydrogens is 633 g/mol. The van der Waals surface area contributed by atoms with E-state index < -0.39 is 23.1 Å². The summed E-state index contributed by atoms with van der Waals surface area (Å²) < 4.78 is 5.13. The van der Waals surface area contributed by atoms with E-state index in [1.54, 1.807) is 48.5 Å². The zero-order chi connectivity index (χ0) is 32.9. The summed E-state index contributed by atoms with van der Waals surface area (Å²) in [5.41, 5.74) is 2.99. The van der Waals surface area contributed by atoms with E-state index in [2.05, 4.69) is 10.6 Å². The molecule has 6 rings (SSSR count). The molecule has 0 bridgehead atoms. The Kier molecular flexibility index (Phi) is 9.70. The third-order valence-electron chi connectivity index (χ3n) is 8.11. The summed E-state index contributed by atoms with van der Waals surface area (Å²) in [4.78, 5) is 54.2. The van der Waals surface area contributed by atoms with Gasteiger partial charge in [-0.3, -0.25) is 9.59 Å². The fourth-order valence-corrected chi connectivity index (χ4v) is 8.28. The molecule has 1 aliphatic rings. The van der Waals surface area contributed by atoms with Gasteiger partial charge in [0.1, 0.15) is 10.3 Å². The molecule has 1 aromatic heterocycles. The monoisotopic (exact) mass is 664 g/mol. The summed E-state index contributed by atoms with van der Waals surface area (Å²) in [6.07, 6.45) is 4.76. The lowest BCUT2D eigenvalue weighted by atomic mass is 9.98. The molecule has 3 N–H and O–H groups in total. The highest BCUT2D eigenvalue weighted by molar-refractivity contribution is 8.00. The molecule has 0 radical (unpaired) electrons. The number of methoxy groups -OCH3 is 1. The minimum atomic E-state index is -1.11. The van der Waals surface area contributed by atoms with Crippen LogP contribution in [0.2, 0.25) is 0 Å². The number of benzene rings is 4. The topological polar surface area (TPSA) is 122 Å². The van der Waals surface area contributed by atoms with Crippen molar-refractivity contribution in [3.8, 4) is 0 Å². The normalized spacial score (nSPS) is 13.2. The Bertz CT molecular complexity index is 1980. The van der Waals surface area contributed by atoms with Crippen molar-refractivity contribution in [3.05, 3.63) is 124 Å².